The molecule has 26 heavy (non-hydrogen) atoms. The van der Waals surface area contributed by atoms with E-state index >= 15 is 0 Å². The van der Waals surface area contributed by atoms with Crippen LogP contribution in [0.3, 0.4) is 0 Å². The van der Waals surface area contributed by atoms with Crippen LogP contribution in [0.5, 0.6) is 0 Å². The summed E-state index contributed by atoms with van der Waals surface area (Å²) < 4.78 is 0. The molecule has 0 aliphatic rings. The van der Waals surface area contributed by atoms with Crippen LogP contribution in [0, 0.1) is 6.92 Å². The number of benzene rings is 3. The molecule has 0 radical (unpaired) electrons. The third-order valence-electron chi connectivity index (χ3n) is 3.97. The Kier molecular flexibility index (Phi) is 5.87. The van der Waals surface area contributed by atoms with Gasteiger partial charge >= 0.3 is 0 Å². The number of amides is 1. The average molecular weight is 361 g/mol. The van der Waals surface area contributed by atoms with Gasteiger partial charge in [0.1, 0.15) is 0 Å². The number of nitrogens with one attached hydrogen (secondary N) is 1. The van der Waals surface area contributed by atoms with Gasteiger partial charge in [0.15, 0.2) is 5.78 Å². The minimum absolute atomic E-state index is 0.104. The van der Waals surface area contributed by atoms with Gasteiger partial charge in [-0.15, -0.1) is 11.8 Å². The third kappa shape index (κ3) is 4.61. The minimum Gasteiger partial charge on any atom is -0.322 e. The molecule has 4 heteroatoms. The Hall–Kier alpha value is -2.85. The summed E-state index contributed by atoms with van der Waals surface area (Å²) in [6.45, 7) is 1.92. The summed E-state index contributed by atoms with van der Waals surface area (Å²) in [5.74, 6) is 0.370. The van der Waals surface area contributed by atoms with E-state index in [0.717, 1.165) is 21.7 Å². The SMILES string of the molecule is Cc1ccccc1C(=O)Nc1ccc(SCC(=O)c2ccccc2)cc1. The van der Waals surface area contributed by atoms with Crippen molar-refractivity contribution in [2.75, 3.05) is 11.1 Å². The molecular formula is C22H19NO2S. The number of hydrogen-bond donors (Lipinski definition) is 1. The molecule has 3 aromatic rings. The van der Waals surface area contributed by atoms with E-state index in [1.807, 2.05) is 85.8 Å². The molecule has 0 aliphatic carbocycles. The average Bonchev–Trinajstić information content (AvgIpc) is 2.68. The van der Waals surface area contributed by atoms with Gasteiger partial charge in [0.2, 0.25) is 0 Å². The molecule has 0 heterocycles. The maximum atomic E-state index is 12.3. The first-order valence-corrected chi connectivity index (χ1v) is 9.30. The van der Waals surface area contributed by atoms with Crippen LogP contribution in [0.2, 0.25) is 0 Å². The lowest BCUT2D eigenvalue weighted by molar-refractivity contribution is 0.101. The third-order valence-corrected chi connectivity index (χ3v) is 4.98. The van der Waals surface area contributed by atoms with Gasteiger partial charge < -0.3 is 5.32 Å². The molecule has 0 saturated carbocycles. The van der Waals surface area contributed by atoms with Gasteiger partial charge in [0.25, 0.3) is 5.91 Å². The lowest BCUT2D eigenvalue weighted by Gasteiger charge is -2.08. The standard InChI is InChI=1S/C22H19NO2S/c1-16-7-5-6-10-20(16)22(25)23-18-11-13-19(14-12-18)26-15-21(24)17-8-3-2-4-9-17/h2-14H,15H2,1H3,(H,23,25). The molecule has 0 spiro atoms. The first kappa shape index (κ1) is 18.0. The maximum Gasteiger partial charge on any atom is 0.255 e. The molecular weight excluding hydrogens is 342 g/mol. The Labute approximate surface area is 157 Å². The normalized spacial score (nSPS) is 10.3. The molecule has 0 fully saturated rings. The fourth-order valence-corrected chi connectivity index (χ4v) is 3.31. The number of aryl methyl sites for hydroxylation is 1. The van der Waals surface area contributed by atoms with Gasteiger partial charge in [-0.1, -0.05) is 48.5 Å². The van der Waals surface area contributed by atoms with E-state index < -0.39 is 0 Å². The highest BCUT2D eigenvalue weighted by Crippen LogP contribution is 2.22. The van der Waals surface area contributed by atoms with E-state index in [2.05, 4.69) is 5.32 Å². The van der Waals surface area contributed by atoms with Crippen LogP contribution in [0.1, 0.15) is 26.3 Å². The molecule has 0 unspecified atom stereocenters. The van der Waals surface area contributed by atoms with Gasteiger partial charge in [0.05, 0.1) is 5.75 Å². The highest BCUT2D eigenvalue weighted by Gasteiger charge is 2.09. The number of carbonyl (C=O) groups excluding carboxylic acids is 2. The Balaban J connectivity index is 1.58. The molecule has 3 aromatic carbocycles. The monoisotopic (exact) mass is 361 g/mol. The van der Waals surface area contributed by atoms with E-state index in [0.29, 0.717) is 11.3 Å². The molecule has 0 aliphatic heterocycles. The van der Waals surface area contributed by atoms with Gasteiger partial charge in [-0.3, -0.25) is 9.59 Å². The summed E-state index contributed by atoms with van der Waals surface area (Å²) in [7, 11) is 0. The van der Waals surface area contributed by atoms with Crippen molar-refractivity contribution in [1.29, 1.82) is 0 Å². The molecule has 3 rings (SSSR count). The Bertz CT molecular complexity index is 905. The summed E-state index contributed by atoms with van der Waals surface area (Å²) in [6, 6.07) is 24.3. The van der Waals surface area contributed by atoms with Crippen LogP contribution in [0.25, 0.3) is 0 Å². The predicted octanol–water partition coefficient (Wildman–Crippen LogP) is 5.22. The van der Waals surface area contributed by atoms with Gasteiger partial charge in [0, 0.05) is 21.7 Å². The number of thioether (sulfide) groups is 1. The second kappa shape index (κ2) is 8.50. The zero-order chi connectivity index (χ0) is 18.4. The second-order valence-electron chi connectivity index (χ2n) is 5.87. The van der Waals surface area contributed by atoms with Crippen molar-refractivity contribution in [2.24, 2.45) is 0 Å². The Morgan fingerprint density at radius 1 is 0.846 bits per heavy atom. The Morgan fingerprint density at radius 3 is 2.19 bits per heavy atom. The van der Waals surface area contributed by atoms with Gasteiger partial charge in [-0.25, -0.2) is 0 Å². The quantitative estimate of drug-likeness (QED) is 0.483. The number of hydrogen-bond acceptors (Lipinski definition) is 3. The fraction of sp³-hybridized carbons (Fsp3) is 0.0909. The zero-order valence-electron chi connectivity index (χ0n) is 14.4. The number of carbonyl (C=O) groups is 2. The van der Waals surface area contributed by atoms with Crippen molar-refractivity contribution in [3.8, 4) is 0 Å². The zero-order valence-corrected chi connectivity index (χ0v) is 15.3. The summed E-state index contributed by atoms with van der Waals surface area (Å²) in [6.07, 6.45) is 0. The summed E-state index contributed by atoms with van der Waals surface area (Å²) in [5.41, 5.74) is 3.06. The molecule has 0 bridgehead atoms. The van der Waals surface area contributed by atoms with Crippen molar-refractivity contribution >= 4 is 29.1 Å². The maximum absolute atomic E-state index is 12.3. The van der Waals surface area contributed by atoms with Crippen molar-refractivity contribution in [3.63, 3.8) is 0 Å². The van der Waals surface area contributed by atoms with Gasteiger partial charge in [-0.2, -0.15) is 0 Å². The molecule has 130 valence electrons. The van der Waals surface area contributed by atoms with E-state index in [9.17, 15) is 9.59 Å². The summed E-state index contributed by atoms with van der Waals surface area (Å²) >= 11 is 1.49. The molecule has 1 amide bonds. The van der Waals surface area contributed by atoms with E-state index in [1.165, 1.54) is 11.8 Å². The van der Waals surface area contributed by atoms with E-state index in [-0.39, 0.29) is 11.7 Å². The highest BCUT2D eigenvalue weighted by molar-refractivity contribution is 8.00. The van der Waals surface area contributed by atoms with Crippen LogP contribution < -0.4 is 5.32 Å². The van der Waals surface area contributed by atoms with Crippen molar-refractivity contribution < 1.29 is 9.59 Å². The molecule has 1 N–H and O–H groups in total. The van der Waals surface area contributed by atoms with Crippen molar-refractivity contribution in [2.45, 2.75) is 11.8 Å². The van der Waals surface area contributed by atoms with Gasteiger partial charge in [-0.05, 0) is 42.8 Å². The van der Waals surface area contributed by atoms with Crippen LogP contribution in [-0.4, -0.2) is 17.4 Å². The fourth-order valence-electron chi connectivity index (χ4n) is 2.52. The van der Waals surface area contributed by atoms with E-state index in [4.69, 9.17) is 0 Å². The molecule has 0 atom stereocenters. The van der Waals surface area contributed by atoms with Crippen LogP contribution >= 0.6 is 11.8 Å². The highest BCUT2D eigenvalue weighted by atomic mass is 32.2. The minimum atomic E-state index is -0.122. The Morgan fingerprint density at radius 2 is 1.50 bits per heavy atom. The number of rotatable bonds is 6. The van der Waals surface area contributed by atoms with Crippen molar-refractivity contribution in [3.05, 3.63) is 95.6 Å². The number of Topliss-reactive ketones (excluding diaryl/α,β-unsaturated/α-hetero) is 1. The summed E-state index contributed by atoms with van der Waals surface area (Å²) in [5, 5.41) is 2.90. The van der Waals surface area contributed by atoms with Crippen molar-refractivity contribution in [1.82, 2.24) is 0 Å². The molecule has 0 saturated heterocycles. The van der Waals surface area contributed by atoms with E-state index in [1.54, 1.807) is 0 Å². The largest absolute Gasteiger partial charge is 0.322 e. The van der Waals surface area contributed by atoms with Crippen LogP contribution in [0.4, 0.5) is 5.69 Å². The number of ketones is 1. The van der Waals surface area contributed by atoms with Crippen LogP contribution in [-0.2, 0) is 0 Å². The smallest absolute Gasteiger partial charge is 0.255 e. The number of anilines is 1. The topological polar surface area (TPSA) is 46.2 Å². The first-order chi connectivity index (χ1) is 12.6. The van der Waals surface area contributed by atoms with Crippen LogP contribution in [0.15, 0.2) is 83.8 Å². The lowest BCUT2D eigenvalue weighted by atomic mass is 10.1. The molecule has 0 aromatic heterocycles. The first-order valence-electron chi connectivity index (χ1n) is 8.31. The lowest BCUT2D eigenvalue weighted by Crippen LogP contribution is -2.13. The predicted molar refractivity (Wildman–Crippen MR) is 107 cm³/mol. The summed E-state index contributed by atoms with van der Waals surface area (Å²) in [4.78, 5) is 25.5. The molecule has 3 nitrogen and oxygen atoms in total. The second-order valence-corrected chi connectivity index (χ2v) is 6.92.